The number of nitrogens with two attached hydrogens (primary N) is 1. The summed E-state index contributed by atoms with van der Waals surface area (Å²) in [6.45, 7) is 5.30. The number of hydrogen-bond donors (Lipinski definition) is 1. The van der Waals surface area contributed by atoms with Gasteiger partial charge < -0.3 is 15.5 Å². The molecule has 0 saturated carbocycles. The molecule has 0 spiro atoms. The van der Waals surface area contributed by atoms with Crippen LogP contribution in [0.25, 0.3) is 0 Å². The number of hydrogen-bond acceptors (Lipinski definition) is 4. The number of piperidine rings is 1. The van der Waals surface area contributed by atoms with Crippen LogP contribution in [0.4, 0.5) is 0 Å². The van der Waals surface area contributed by atoms with Gasteiger partial charge in [-0.15, -0.1) is 0 Å². The van der Waals surface area contributed by atoms with Crippen LogP contribution in [-0.2, 0) is 9.59 Å². The maximum atomic E-state index is 12.5. The van der Waals surface area contributed by atoms with Crippen molar-refractivity contribution in [2.24, 2.45) is 11.7 Å². The van der Waals surface area contributed by atoms with E-state index in [4.69, 9.17) is 5.73 Å². The van der Waals surface area contributed by atoms with Crippen molar-refractivity contribution in [2.75, 3.05) is 26.7 Å². The zero-order chi connectivity index (χ0) is 17.0. The van der Waals surface area contributed by atoms with Crippen LogP contribution in [0.3, 0.4) is 0 Å². The lowest BCUT2D eigenvalue weighted by Crippen LogP contribution is -2.49. The quantitative estimate of drug-likeness (QED) is 0.855. The van der Waals surface area contributed by atoms with E-state index in [0.717, 1.165) is 19.4 Å². The molecular weight excluding hydrogens is 294 g/mol. The molecule has 3 atom stereocenters. The average Bonchev–Trinajstić information content (AvgIpc) is 3.07. The lowest BCUT2D eigenvalue weighted by Gasteiger charge is -2.35. The number of aromatic nitrogens is 2. The van der Waals surface area contributed by atoms with E-state index in [2.05, 4.69) is 5.10 Å². The second-order valence-electron chi connectivity index (χ2n) is 6.46. The molecule has 1 aliphatic rings. The van der Waals surface area contributed by atoms with Crippen LogP contribution in [0.5, 0.6) is 0 Å². The Balaban J connectivity index is 1.90. The highest BCUT2D eigenvalue weighted by Crippen LogP contribution is 2.19. The van der Waals surface area contributed by atoms with Gasteiger partial charge >= 0.3 is 0 Å². The number of rotatable bonds is 5. The molecule has 2 rings (SSSR count). The van der Waals surface area contributed by atoms with Crippen molar-refractivity contribution in [3.8, 4) is 0 Å². The van der Waals surface area contributed by atoms with E-state index in [1.807, 2.05) is 11.8 Å². The maximum absolute atomic E-state index is 12.5. The van der Waals surface area contributed by atoms with E-state index in [9.17, 15) is 9.59 Å². The minimum atomic E-state index is -0.416. The fourth-order valence-corrected chi connectivity index (χ4v) is 2.99. The van der Waals surface area contributed by atoms with E-state index < -0.39 is 6.04 Å². The smallest absolute Gasteiger partial charge is 0.247 e. The SMILES string of the molecule is CC(N)C1CCCN(C(=O)CN(C)C(=O)C(C)n2cccn2)C1. The van der Waals surface area contributed by atoms with Gasteiger partial charge in [-0.05, 0) is 38.7 Å². The average molecular weight is 321 g/mol. The Bertz CT molecular complexity index is 529. The monoisotopic (exact) mass is 321 g/mol. The Labute approximate surface area is 137 Å². The van der Waals surface area contributed by atoms with Crippen LogP contribution in [0.2, 0.25) is 0 Å². The molecule has 1 aromatic rings. The van der Waals surface area contributed by atoms with Gasteiger partial charge in [-0.25, -0.2) is 0 Å². The predicted molar refractivity (Wildman–Crippen MR) is 87.5 cm³/mol. The van der Waals surface area contributed by atoms with Gasteiger partial charge in [0.2, 0.25) is 11.8 Å². The van der Waals surface area contributed by atoms with Gasteiger partial charge in [0.1, 0.15) is 6.04 Å². The number of nitrogens with zero attached hydrogens (tertiary/aromatic N) is 4. The molecule has 1 aliphatic heterocycles. The molecule has 2 heterocycles. The molecule has 23 heavy (non-hydrogen) atoms. The summed E-state index contributed by atoms with van der Waals surface area (Å²) in [5.74, 6) is 0.207. The second kappa shape index (κ2) is 7.59. The van der Waals surface area contributed by atoms with Gasteiger partial charge in [-0.2, -0.15) is 5.10 Å². The van der Waals surface area contributed by atoms with Crippen molar-refractivity contribution in [3.05, 3.63) is 18.5 Å². The molecule has 2 N–H and O–H groups in total. The first kappa shape index (κ1) is 17.5. The molecule has 1 saturated heterocycles. The van der Waals surface area contributed by atoms with Crippen molar-refractivity contribution < 1.29 is 9.59 Å². The van der Waals surface area contributed by atoms with E-state index in [1.165, 1.54) is 4.90 Å². The molecule has 3 unspecified atom stereocenters. The van der Waals surface area contributed by atoms with Crippen LogP contribution in [0, 0.1) is 5.92 Å². The topological polar surface area (TPSA) is 84.5 Å². The molecule has 0 radical (unpaired) electrons. The largest absolute Gasteiger partial charge is 0.341 e. The van der Waals surface area contributed by atoms with Crippen LogP contribution < -0.4 is 5.73 Å². The molecule has 1 aromatic heterocycles. The minimum absolute atomic E-state index is 0.0149. The van der Waals surface area contributed by atoms with Crippen molar-refractivity contribution in [3.63, 3.8) is 0 Å². The summed E-state index contributed by atoms with van der Waals surface area (Å²) in [5, 5.41) is 4.08. The third kappa shape index (κ3) is 4.31. The number of likely N-dealkylation sites (N-methyl/N-ethyl adjacent to an activating group) is 1. The van der Waals surface area contributed by atoms with E-state index in [0.29, 0.717) is 12.5 Å². The number of carbonyl (C=O) groups is 2. The Morgan fingerprint density at radius 1 is 1.43 bits per heavy atom. The first-order valence-corrected chi connectivity index (χ1v) is 8.17. The highest BCUT2D eigenvalue weighted by atomic mass is 16.2. The first-order valence-electron chi connectivity index (χ1n) is 8.17. The maximum Gasteiger partial charge on any atom is 0.247 e. The molecule has 1 fully saturated rings. The van der Waals surface area contributed by atoms with Crippen molar-refractivity contribution in [2.45, 2.75) is 38.8 Å². The number of likely N-dealkylation sites (tertiary alicyclic amines) is 1. The predicted octanol–water partition coefficient (Wildman–Crippen LogP) is 0.488. The highest BCUT2D eigenvalue weighted by Gasteiger charge is 2.28. The summed E-state index contributed by atoms with van der Waals surface area (Å²) in [7, 11) is 1.66. The Morgan fingerprint density at radius 3 is 2.78 bits per heavy atom. The Hall–Kier alpha value is -1.89. The summed E-state index contributed by atoms with van der Waals surface area (Å²) in [6, 6.07) is 1.45. The van der Waals surface area contributed by atoms with Crippen molar-refractivity contribution in [1.82, 2.24) is 19.6 Å². The van der Waals surface area contributed by atoms with Gasteiger partial charge in [-0.3, -0.25) is 14.3 Å². The van der Waals surface area contributed by atoms with Gasteiger partial charge in [0.15, 0.2) is 0 Å². The fraction of sp³-hybridized carbons (Fsp3) is 0.688. The molecule has 2 amide bonds. The zero-order valence-electron chi connectivity index (χ0n) is 14.2. The third-order valence-electron chi connectivity index (χ3n) is 4.58. The second-order valence-corrected chi connectivity index (χ2v) is 6.46. The number of carbonyl (C=O) groups excluding carboxylic acids is 2. The zero-order valence-corrected chi connectivity index (χ0v) is 14.2. The normalized spacial score (nSPS) is 20.9. The first-order chi connectivity index (χ1) is 10.9. The van der Waals surface area contributed by atoms with Crippen LogP contribution >= 0.6 is 0 Å². The van der Waals surface area contributed by atoms with Gasteiger partial charge in [-0.1, -0.05) is 0 Å². The molecular formula is C16H27N5O2. The molecule has 0 aliphatic carbocycles. The molecule has 0 bridgehead atoms. The molecule has 128 valence electrons. The molecule has 0 aromatic carbocycles. The van der Waals surface area contributed by atoms with Gasteiger partial charge in [0.25, 0.3) is 0 Å². The summed E-state index contributed by atoms with van der Waals surface area (Å²) in [4.78, 5) is 28.2. The standard InChI is InChI=1S/C16H27N5O2/c1-12(17)14-6-4-8-20(10-14)15(22)11-19(3)16(23)13(2)21-9-5-7-18-21/h5,7,9,12-14H,4,6,8,10-11,17H2,1-3H3. The van der Waals surface area contributed by atoms with Crippen LogP contribution in [-0.4, -0.2) is 64.1 Å². The summed E-state index contributed by atoms with van der Waals surface area (Å²) < 4.78 is 1.59. The Morgan fingerprint density at radius 2 is 2.17 bits per heavy atom. The van der Waals surface area contributed by atoms with E-state index in [-0.39, 0.29) is 24.4 Å². The highest BCUT2D eigenvalue weighted by molar-refractivity contribution is 5.86. The fourth-order valence-electron chi connectivity index (χ4n) is 2.99. The van der Waals surface area contributed by atoms with Gasteiger partial charge in [0.05, 0.1) is 6.54 Å². The van der Waals surface area contributed by atoms with Crippen molar-refractivity contribution >= 4 is 11.8 Å². The van der Waals surface area contributed by atoms with Crippen LogP contribution in [0.1, 0.15) is 32.7 Å². The van der Waals surface area contributed by atoms with Crippen LogP contribution in [0.15, 0.2) is 18.5 Å². The lowest BCUT2D eigenvalue weighted by molar-refractivity contribution is -0.142. The molecule has 7 heteroatoms. The van der Waals surface area contributed by atoms with E-state index >= 15 is 0 Å². The summed E-state index contributed by atoms with van der Waals surface area (Å²) in [6.07, 6.45) is 5.42. The summed E-state index contributed by atoms with van der Waals surface area (Å²) in [5.41, 5.74) is 5.96. The van der Waals surface area contributed by atoms with E-state index in [1.54, 1.807) is 37.1 Å². The molecule has 7 nitrogen and oxygen atoms in total. The number of amides is 2. The Kier molecular flexibility index (Phi) is 5.76. The van der Waals surface area contributed by atoms with Gasteiger partial charge in [0, 0.05) is 38.6 Å². The van der Waals surface area contributed by atoms with Crippen molar-refractivity contribution in [1.29, 1.82) is 0 Å². The third-order valence-corrected chi connectivity index (χ3v) is 4.58. The minimum Gasteiger partial charge on any atom is -0.341 e. The summed E-state index contributed by atoms with van der Waals surface area (Å²) >= 11 is 0. The lowest BCUT2D eigenvalue weighted by atomic mass is 9.92.